The molecule has 8 saturated carbocycles. The van der Waals surface area contributed by atoms with E-state index in [0.717, 1.165) is 81.0 Å². The number of nitrogen functional groups attached to an aromatic ring is 2. The molecule has 0 aliphatic heterocycles. The Kier molecular flexibility index (Phi) is 7.87. The van der Waals surface area contributed by atoms with Crippen molar-refractivity contribution < 1.29 is 9.47 Å². The third kappa shape index (κ3) is 5.42. The number of ether oxygens (including phenoxy) is 2. The molecular weight excluding hydrogens is 745 g/mol. The largest absolute Gasteiger partial charge is 0.457 e. The van der Waals surface area contributed by atoms with E-state index < -0.39 is 5.41 Å². The first-order chi connectivity index (χ1) is 29.9. The van der Waals surface area contributed by atoms with Crippen LogP contribution >= 0.6 is 0 Å². The molecule has 0 atom stereocenters. The molecule has 61 heavy (non-hydrogen) atoms. The summed E-state index contributed by atoms with van der Waals surface area (Å²) in [5, 5.41) is 0. The molecule has 15 rings (SSSR count). The van der Waals surface area contributed by atoms with E-state index in [0.29, 0.717) is 0 Å². The number of nitrogens with two attached hydrogens (primary N) is 2. The number of anilines is 2. The predicted octanol–water partition coefficient (Wildman–Crippen LogP) is 13.7. The molecule has 6 aromatic carbocycles. The van der Waals surface area contributed by atoms with E-state index >= 15 is 0 Å². The van der Waals surface area contributed by atoms with Gasteiger partial charge in [0.1, 0.15) is 23.0 Å². The summed E-state index contributed by atoms with van der Waals surface area (Å²) in [6.45, 7) is 0. The Morgan fingerprint density at radius 2 is 0.770 bits per heavy atom. The summed E-state index contributed by atoms with van der Waals surface area (Å²) >= 11 is 0. The van der Waals surface area contributed by atoms with E-state index in [1.54, 1.807) is 11.1 Å². The molecular formula is C57H56N2O2. The molecule has 8 fully saturated rings. The van der Waals surface area contributed by atoms with Gasteiger partial charge in [-0.25, -0.2) is 0 Å². The third-order valence-electron chi connectivity index (χ3n) is 17.2. The third-order valence-corrected chi connectivity index (χ3v) is 17.2. The van der Waals surface area contributed by atoms with Crippen LogP contribution in [0.4, 0.5) is 11.4 Å². The normalized spacial score (nSPS) is 30.6. The van der Waals surface area contributed by atoms with Crippen molar-refractivity contribution in [1.82, 2.24) is 0 Å². The van der Waals surface area contributed by atoms with E-state index in [-0.39, 0.29) is 10.8 Å². The number of hydrogen-bond donors (Lipinski definition) is 2. The van der Waals surface area contributed by atoms with Gasteiger partial charge in [-0.1, -0.05) is 72.8 Å². The van der Waals surface area contributed by atoms with Crippen molar-refractivity contribution in [2.24, 2.45) is 35.5 Å². The zero-order valence-electron chi connectivity index (χ0n) is 35.1. The maximum Gasteiger partial charge on any atom is 0.132 e. The first kappa shape index (κ1) is 36.2. The second-order valence-electron chi connectivity index (χ2n) is 20.9. The zero-order valence-corrected chi connectivity index (χ0v) is 35.1. The standard InChI is InChI=1S/C57H56N2O2/c58-41-13-17-43(18-14-41)60-51-11-5-3-9-48(51)57(49-10-4-6-12-52(49)61-44-19-15-42(59)16-20-44)47-8-2-1-7-45(47)46-21-22-50(55-29-35-23-36(30-55)25-37(24-35)31-55)54(53(46)57)56-32-38-26-39(33-56)28-40(27-38)34-56/h1-22,35-40H,23-34,58-59H2. The summed E-state index contributed by atoms with van der Waals surface area (Å²) in [6, 6.07) is 48.2. The molecule has 4 N–H and O–H groups in total. The minimum atomic E-state index is -0.752. The molecule has 4 heteroatoms. The first-order valence-corrected chi connectivity index (χ1v) is 23.4. The van der Waals surface area contributed by atoms with Crippen LogP contribution in [0.25, 0.3) is 11.1 Å². The summed E-state index contributed by atoms with van der Waals surface area (Å²) in [7, 11) is 0. The number of hydrogen-bond acceptors (Lipinski definition) is 4. The molecule has 0 amide bonds. The van der Waals surface area contributed by atoms with E-state index in [1.807, 2.05) is 48.5 Å². The fraction of sp³-hybridized carbons (Fsp3) is 0.368. The number of benzene rings is 6. The highest BCUT2D eigenvalue weighted by Gasteiger charge is 2.61. The molecule has 0 unspecified atom stereocenters. The summed E-state index contributed by atoms with van der Waals surface area (Å²) in [4.78, 5) is 0. The minimum Gasteiger partial charge on any atom is -0.457 e. The van der Waals surface area contributed by atoms with Crippen LogP contribution < -0.4 is 20.9 Å². The van der Waals surface area contributed by atoms with Crippen LogP contribution in [0.15, 0.2) is 133 Å². The van der Waals surface area contributed by atoms with Gasteiger partial charge in [0.15, 0.2) is 0 Å². The van der Waals surface area contributed by atoms with Crippen molar-refractivity contribution in [2.75, 3.05) is 11.5 Å². The highest BCUT2D eigenvalue weighted by Crippen LogP contribution is 2.70. The van der Waals surface area contributed by atoms with Gasteiger partial charge in [-0.3, -0.25) is 0 Å². The molecule has 9 aliphatic carbocycles. The van der Waals surface area contributed by atoms with Crippen molar-refractivity contribution in [3.8, 4) is 34.1 Å². The second kappa shape index (κ2) is 13.3. The van der Waals surface area contributed by atoms with E-state index in [9.17, 15) is 0 Å². The van der Waals surface area contributed by atoms with Crippen LogP contribution in [0.2, 0.25) is 0 Å². The van der Waals surface area contributed by atoms with Crippen LogP contribution in [-0.2, 0) is 16.2 Å². The van der Waals surface area contributed by atoms with E-state index in [4.69, 9.17) is 20.9 Å². The monoisotopic (exact) mass is 800 g/mol. The lowest BCUT2D eigenvalue weighted by Crippen LogP contribution is -2.53. The van der Waals surface area contributed by atoms with Gasteiger partial charge in [-0.05, 0) is 217 Å². The molecule has 0 aromatic heterocycles. The fourth-order valence-corrected chi connectivity index (χ4v) is 16.0. The fourth-order valence-electron chi connectivity index (χ4n) is 16.0. The van der Waals surface area contributed by atoms with Crippen molar-refractivity contribution in [2.45, 2.75) is 93.3 Å². The van der Waals surface area contributed by atoms with Crippen molar-refractivity contribution in [3.63, 3.8) is 0 Å². The predicted molar refractivity (Wildman–Crippen MR) is 245 cm³/mol. The van der Waals surface area contributed by atoms with E-state index in [2.05, 4.69) is 84.9 Å². The van der Waals surface area contributed by atoms with Crippen molar-refractivity contribution >= 4 is 11.4 Å². The Morgan fingerprint density at radius 3 is 1.25 bits per heavy atom. The summed E-state index contributed by atoms with van der Waals surface area (Å²) in [5.41, 5.74) is 24.8. The van der Waals surface area contributed by atoms with Crippen LogP contribution in [0.5, 0.6) is 23.0 Å². The van der Waals surface area contributed by atoms with Crippen LogP contribution in [0, 0.1) is 35.5 Å². The average molecular weight is 801 g/mol. The number of rotatable bonds is 8. The Labute approximate surface area is 360 Å². The first-order valence-electron chi connectivity index (χ1n) is 23.4. The van der Waals surface area contributed by atoms with Crippen LogP contribution in [-0.4, -0.2) is 0 Å². The highest BCUT2D eigenvalue weighted by atomic mass is 16.5. The Morgan fingerprint density at radius 1 is 0.361 bits per heavy atom. The molecule has 6 aromatic rings. The summed E-state index contributed by atoms with van der Waals surface area (Å²) in [5.74, 6) is 8.26. The number of para-hydroxylation sites is 2. The van der Waals surface area contributed by atoms with Gasteiger partial charge in [0.2, 0.25) is 0 Å². The molecule has 4 nitrogen and oxygen atoms in total. The Bertz CT molecular complexity index is 2530. The lowest BCUT2D eigenvalue weighted by molar-refractivity contribution is -0.0178. The van der Waals surface area contributed by atoms with Gasteiger partial charge in [-0.2, -0.15) is 0 Å². The maximum atomic E-state index is 7.13. The smallest absolute Gasteiger partial charge is 0.132 e. The number of fused-ring (bicyclic) bond motifs is 3. The van der Waals surface area contributed by atoms with Gasteiger partial charge >= 0.3 is 0 Å². The van der Waals surface area contributed by atoms with Crippen molar-refractivity contribution in [3.05, 3.63) is 167 Å². The van der Waals surface area contributed by atoms with Crippen LogP contribution in [0.1, 0.15) is 110 Å². The Hall–Kier alpha value is -5.48. The average Bonchev–Trinajstić information content (AvgIpc) is 3.55. The lowest BCUT2D eigenvalue weighted by Gasteiger charge is -2.61. The SMILES string of the molecule is Nc1ccc(Oc2ccccc2C2(c3ccccc3Oc3ccc(N)cc3)c3ccccc3-c3ccc(C45CC6CC(CC(C6)C4)C5)c(C45CC6CC(CC(C6)C4)C5)c32)cc1. The highest BCUT2D eigenvalue weighted by molar-refractivity contribution is 5.90. The second-order valence-corrected chi connectivity index (χ2v) is 20.9. The van der Waals surface area contributed by atoms with Crippen LogP contribution in [0.3, 0.4) is 0 Å². The van der Waals surface area contributed by atoms with E-state index in [1.165, 1.54) is 99.3 Å². The molecule has 0 saturated heterocycles. The van der Waals surface area contributed by atoms with Gasteiger partial charge < -0.3 is 20.9 Å². The van der Waals surface area contributed by atoms with Gasteiger partial charge in [0.25, 0.3) is 0 Å². The summed E-state index contributed by atoms with van der Waals surface area (Å²) in [6.07, 6.45) is 16.6. The van der Waals surface area contributed by atoms with Gasteiger partial charge in [0.05, 0.1) is 5.41 Å². The topological polar surface area (TPSA) is 70.5 Å². The lowest BCUT2D eigenvalue weighted by atomic mass is 9.43. The molecule has 8 bridgehead atoms. The molecule has 0 radical (unpaired) electrons. The Balaban J connectivity index is 1.16. The maximum absolute atomic E-state index is 7.13. The molecule has 0 spiro atoms. The zero-order chi connectivity index (χ0) is 40.5. The van der Waals surface area contributed by atoms with Gasteiger partial charge in [-0.15, -0.1) is 0 Å². The molecule has 9 aliphatic rings. The molecule has 0 heterocycles. The summed E-state index contributed by atoms with van der Waals surface area (Å²) < 4.78 is 14.3. The molecule has 306 valence electrons. The minimum absolute atomic E-state index is 0.131. The quantitative estimate of drug-likeness (QED) is 0.150. The van der Waals surface area contributed by atoms with Crippen molar-refractivity contribution in [1.29, 1.82) is 0 Å². The van der Waals surface area contributed by atoms with Gasteiger partial charge in [0, 0.05) is 22.5 Å².